The minimum absolute atomic E-state index is 0.246. The number of hydrogen-bond donors (Lipinski definition) is 1. The lowest BCUT2D eigenvalue weighted by Crippen LogP contribution is -2.04. The highest BCUT2D eigenvalue weighted by Crippen LogP contribution is 2.31. The summed E-state index contributed by atoms with van der Waals surface area (Å²) in [5, 5.41) is 8.32. The first kappa shape index (κ1) is 11.3. The Morgan fingerprint density at radius 2 is 2.21 bits per heavy atom. The van der Waals surface area contributed by atoms with Crippen molar-refractivity contribution in [2.45, 2.75) is 6.43 Å². The number of aromatic carboxylic acids is 1. The molecule has 0 unspecified atom stereocenters. The smallest absolute Gasteiger partial charge is 0.355 e. The summed E-state index contributed by atoms with van der Waals surface area (Å²) >= 11 is 8.12. The van der Waals surface area contributed by atoms with Gasteiger partial charge >= 0.3 is 5.97 Å². The van der Waals surface area contributed by atoms with E-state index in [0.717, 1.165) is 6.07 Å². The van der Waals surface area contributed by atoms with Gasteiger partial charge in [-0.2, -0.15) is 0 Å². The Labute approximate surface area is 90.8 Å². The Morgan fingerprint density at radius 3 is 2.64 bits per heavy atom. The van der Waals surface area contributed by atoms with Crippen molar-refractivity contribution in [1.82, 2.24) is 4.98 Å². The Hall–Kier alpha value is -0.750. The number of carboxylic acids is 1. The molecule has 0 aliphatic heterocycles. The van der Waals surface area contributed by atoms with Gasteiger partial charge in [0.15, 0.2) is 5.69 Å². The molecule has 1 N–H and O–H groups in total. The third-order valence-electron chi connectivity index (χ3n) is 1.39. The lowest BCUT2D eigenvalue weighted by atomic mass is 10.2. The lowest BCUT2D eigenvalue weighted by Gasteiger charge is -2.05. The van der Waals surface area contributed by atoms with E-state index < -0.39 is 23.7 Å². The summed E-state index contributed by atoms with van der Waals surface area (Å²) in [5.41, 5.74) is -1.00. The normalized spacial score (nSPS) is 10.6. The third kappa shape index (κ3) is 2.19. The zero-order chi connectivity index (χ0) is 10.9. The van der Waals surface area contributed by atoms with Crippen LogP contribution in [0.1, 0.15) is 22.5 Å². The largest absolute Gasteiger partial charge is 0.476 e. The number of halogens is 4. The average Bonchev–Trinajstić information content (AvgIpc) is 2.07. The fraction of sp³-hybridized carbons (Fsp3) is 0.143. The van der Waals surface area contributed by atoms with E-state index in [4.69, 9.17) is 16.7 Å². The van der Waals surface area contributed by atoms with Gasteiger partial charge in [0.05, 0.1) is 4.47 Å². The number of aromatic nitrogens is 1. The second-order valence-electron chi connectivity index (χ2n) is 2.30. The quantitative estimate of drug-likeness (QED) is 0.850. The van der Waals surface area contributed by atoms with Gasteiger partial charge < -0.3 is 5.11 Å². The highest BCUT2D eigenvalue weighted by Gasteiger charge is 2.20. The van der Waals surface area contributed by atoms with Gasteiger partial charge in [-0.25, -0.2) is 18.6 Å². The molecule has 0 atom stereocenters. The monoisotopic (exact) mass is 285 g/mol. The number of alkyl halides is 2. The third-order valence-corrected chi connectivity index (χ3v) is 2.42. The molecule has 14 heavy (non-hydrogen) atoms. The van der Waals surface area contributed by atoms with Crippen molar-refractivity contribution in [2.75, 3.05) is 0 Å². The molecule has 7 heteroatoms. The van der Waals surface area contributed by atoms with Crippen LogP contribution in [0.4, 0.5) is 8.78 Å². The molecule has 1 aromatic rings. The standard InChI is InChI=1S/C7H3BrClF2NO2/c8-4-2(6(10)11)1-3(9)12-5(4)7(13)14/h1,6H,(H,13,14). The molecule has 0 spiro atoms. The first-order chi connectivity index (χ1) is 6.43. The maximum Gasteiger partial charge on any atom is 0.355 e. The van der Waals surface area contributed by atoms with Crippen LogP contribution in [0.3, 0.4) is 0 Å². The Balaban J connectivity index is 3.40. The van der Waals surface area contributed by atoms with Crippen LogP contribution >= 0.6 is 27.5 Å². The van der Waals surface area contributed by atoms with Crippen molar-refractivity contribution >= 4 is 33.5 Å². The number of pyridine rings is 1. The highest BCUT2D eigenvalue weighted by molar-refractivity contribution is 9.10. The van der Waals surface area contributed by atoms with Crippen molar-refractivity contribution in [3.05, 3.63) is 26.9 Å². The fourth-order valence-electron chi connectivity index (χ4n) is 0.817. The SMILES string of the molecule is O=C(O)c1nc(Cl)cc(C(F)F)c1Br. The zero-order valence-electron chi connectivity index (χ0n) is 6.47. The van der Waals surface area contributed by atoms with Crippen molar-refractivity contribution < 1.29 is 18.7 Å². The predicted molar refractivity (Wildman–Crippen MR) is 48.9 cm³/mol. The molecule has 0 amide bonds. The van der Waals surface area contributed by atoms with Crippen molar-refractivity contribution in [3.63, 3.8) is 0 Å². The number of hydrogen-bond acceptors (Lipinski definition) is 2. The van der Waals surface area contributed by atoms with Gasteiger partial charge in [0, 0.05) is 5.56 Å². The summed E-state index contributed by atoms with van der Waals surface area (Å²) in [6.45, 7) is 0. The molecule has 0 bridgehead atoms. The molecule has 1 heterocycles. The van der Waals surface area contributed by atoms with Gasteiger partial charge in [0.25, 0.3) is 6.43 Å². The Morgan fingerprint density at radius 1 is 1.64 bits per heavy atom. The molecule has 0 saturated heterocycles. The van der Waals surface area contributed by atoms with E-state index in [9.17, 15) is 13.6 Å². The van der Waals surface area contributed by atoms with Gasteiger partial charge in [-0.1, -0.05) is 11.6 Å². The maximum atomic E-state index is 12.3. The van der Waals surface area contributed by atoms with Crippen LogP contribution in [0.2, 0.25) is 5.15 Å². The Bertz CT molecular complexity index is 386. The van der Waals surface area contributed by atoms with Crippen LogP contribution in [0.15, 0.2) is 10.5 Å². The lowest BCUT2D eigenvalue weighted by molar-refractivity contribution is 0.0688. The van der Waals surface area contributed by atoms with Crippen molar-refractivity contribution in [2.24, 2.45) is 0 Å². The molecular formula is C7H3BrClF2NO2. The zero-order valence-corrected chi connectivity index (χ0v) is 8.81. The second kappa shape index (κ2) is 4.18. The molecule has 0 radical (unpaired) electrons. The van der Waals surface area contributed by atoms with Crippen LogP contribution in [-0.4, -0.2) is 16.1 Å². The Kier molecular flexibility index (Phi) is 3.38. The van der Waals surface area contributed by atoms with Crippen LogP contribution < -0.4 is 0 Å². The highest BCUT2D eigenvalue weighted by atomic mass is 79.9. The summed E-state index contributed by atoms with van der Waals surface area (Å²) in [4.78, 5) is 14.0. The molecule has 76 valence electrons. The summed E-state index contributed by atoms with van der Waals surface area (Å²) < 4.78 is 24.4. The fourth-order valence-corrected chi connectivity index (χ4v) is 1.56. The average molecular weight is 286 g/mol. The number of rotatable bonds is 2. The minimum atomic E-state index is -2.80. The number of nitrogens with zero attached hydrogens (tertiary/aromatic N) is 1. The summed E-state index contributed by atoms with van der Waals surface area (Å²) in [6.07, 6.45) is -2.80. The van der Waals surface area contributed by atoms with E-state index in [1.54, 1.807) is 0 Å². The second-order valence-corrected chi connectivity index (χ2v) is 3.48. The van der Waals surface area contributed by atoms with Gasteiger partial charge in [0.2, 0.25) is 0 Å². The predicted octanol–water partition coefficient (Wildman–Crippen LogP) is 3.13. The summed E-state index contributed by atoms with van der Waals surface area (Å²) in [7, 11) is 0. The van der Waals surface area contributed by atoms with Crippen LogP contribution in [0, 0.1) is 0 Å². The first-order valence-electron chi connectivity index (χ1n) is 3.31. The first-order valence-corrected chi connectivity index (χ1v) is 4.48. The van der Waals surface area contributed by atoms with Gasteiger partial charge in [-0.05, 0) is 22.0 Å². The maximum absolute atomic E-state index is 12.3. The molecule has 0 aliphatic rings. The van der Waals surface area contributed by atoms with E-state index in [0.29, 0.717) is 0 Å². The van der Waals surface area contributed by atoms with E-state index in [2.05, 4.69) is 20.9 Å². The van der Waals surface area contributed by atoms with Crippen molar-refractivity contribution in [3.8, 4) is 0 Å². The molecule has 1 aromatic heterocycles. The van der Waals surface area contributed by atoms with Crippen LogP contribution in [0.5, 0.6) is 0 Å². The number of carbonyl (C=O) groups is 1. The van der Waals surface area contributed by atoms with Gasteiger partial charge in [-0.15, -0.1) is 0 Å². The van der Waals surface area contributed by atoms with E-state index in [-0.39, 0.29) is 9.63 Å². The minimum Gasteiger partial charge on any atom is -0.476 e. The van der Waals surface area contributed by atoms with Gasteiger partial charge in [0.1, 0.15) is 5.15 Å². The topological polar surface area (TPSA) is 50.2 Å². The summed E-state index contributed by atoms with van der Waals surface area (Å²) in [6, 6.07) is 0.919. The molecule has 0 saturated carbocycles. The molecule has 0 aliphatic carbocycles. The molecule has 3 nitrogen and oxygen atoms in total. The van der Waals surface area contributed by atoms with Crippen molar-refractivity contribution in [1.29, 1.82) is 0 Å². The van der Waals surface area contributed by atoms with E-state index in [1.807, 2.05) is 0 Å². The van der Waals surface area contributed by atoms with Crippen LogP contribution in [-0.2, 0) is 0 Å². The molecule has 1 rings (SSSR count). The molecule has 0 fully saturated rings. The number of carboxylic acid groups (broad SMARTS) is 1. The van der Waals surface area contributed by atoms with E-state index >= 15 is 0 Å². The van der Waals surface area contributed by atoms with Crippen LogP contribution in [0.25, 0.3) is 0 Å². The van der Waals surface area contributed by atoms with E-state index in [1.165, 1.54) is 0 Å². The molecule has 0 aromatic carbocycles. The van der Waals surface area contributed by atoms with Gasteiger partial charge in [-0.3, -0.25) is 0 Å². The summed E-state index contributed by atoms with van der Waals surface area (Å²) in [5.74, 6) is -1.42. The molecular weight excluding hydrogens is 283 g/mol.